The average Bonchev–Trinajstić information content (AvgIpc) is 3.25. The third-order valence-corrected chi connectivity index (χ3v) is 11.2. The highest BCUT2D eigenvalue weighted by atomic mass is 31.2. The van der Waals surface area contributed by atoms with Crippen molar-refractivity contribution in [3.05, 3.63) is 48.6 Å². The van der Waals surface area contributed by atoms with Gasteiger partial charge in [0.1, 0.15) is 12.7 Å². The Morgan fingerprint density at radius 1 is 0.468 bits per heavy atom. The summed E-state index contributed by atoms with van der Waals surface area (Å²) in [5, 5.41) is 9.72. The van der Waals surface area contributed by atoms with Crippen molar-refractivity contribution in [2.24, 2.45) is 0 Å². The standard InChI is InChI=1S/C50H89O11P/c1-4-7-10-13-16-19-21-23-25-28-30-33-36-39-48(52)57-43-47(61-50(54)41-38-35-32-29-26-24-22-20-17-14-11-8-5-2)45-59-62(55,56)58-44-46(42-51)60-49(53)40-37-34-31-27-18-15-12-9-6-3/h8,11,17,19-21,24,26,46-47,51H,4-7,9-10,12-16,18,22-23,25,27-45H2,1-3H3,(H,55,56)/b11-8-,20-17-,21-19-,26-24-. The van der Waals surface area contributed by atoms with Gasteiger partial charge in [0.2, 0.25) is 0 Å². The number of rotatable bonds is 45. The first-order chi connectivity index (χ1) is 30.2. The van der Waals surface area contributed by atoms with E-state index >= 15 is 0 Å². The Balaban J connectivity index is 4.81. The number of carbonyl (C=O) groups is 3. The molecule has 0 aliphatic heterocycles. The highest BCUT2D eigenvalue weighted by molar-refractivity contribution is 7.47. The molecular formula is C50H89O11P. The molecule has 3 atom stereocenters. The first-order valence-electron chi connectivity index (χ1n) is 24.5. The van der Waals surface area contributed by atoms with Crippen LogP contribution in [0, 0.1) is 0 Å². The van der Waals surface area contributed by atoms with E-state index in [1.54, 1.807) is 0 Å². The Bertz CT molecular complexity index is 1230. The lowest BCUT2D eigenvalue weighted by Gasteiger charge is -2.21. The number of phosphoric acid groups is 1. The summed E-state index contributed by atoms with van der Waals surface area (Å²) >= 11 is 0. The lowest BCUT2D eigenvalue weighted by Crippen LogP contribution is -2.30. The quantitative estimate of drug-likeness (QED) is 0.0197. The normalized spacial score (nSPS) is 14.0. The Morgan fingerprint density at radius 3 is 1.34 bits per heavy atom. The molecule has 12 heteroatoms. The molecule has 0 aromatic carbocycles. The maximum atomic E-state index is 12.8. The van der Waals surface area contributed by atoms with Gasteiger partial charge in [-0.15, -0.1) is 0 Å². The number of hydrogen-bond donors (Lipinski definition) is 2. The van der Waals surface area contributed by atoms with E-state index in [4.69, 9.17) is 23.3 Å². The van der Waals surface area contributed by atoms with Crippen LogP contribution in [-0.4, -0.2) is 66.5 Å². The Labute approximate surface area is 377 Å². The molecule has 0 spiro atoms. The second-order valence-electron chi connectivity index (χ2n) is 16.2. The smallest absolute Gasteiger partial charge is 0.462 e. The van der Waals surface area contributed by atoms with Crippen LogP contribution >= 0.6 is 7.82 Å². The minimum absolute atomic E-state index is 0.132. The van der Waals surface area contributed by atoms with E-state index in [1.807, 2.05) is 0 Å². The van der Waals surface area contributed by atoms with Gasteiger partial charge in [-0.1, -0.05) is 166 Å². The first kappa shape index (κ1) is 59.4. The lowest BCUT2D eigenvalue weighted by molar-refractivity contribution is -0.161. The van der Waals surface area contributed by atoms with Gasteiger partial charge < -0.3 is 24.2 Å². The third kappa shape index (κ3) is 42.7. The Kier molecular flexibility index (Phi) is 43.2. The average molecular weight is 897 g/mol. The van der Waals surface area contributed by atoms with Crippen LogP contribution in [0.4, 0.5) is 0 Å². The number of aliphatic hydroxyl groups is 1. The summed E-state index contributed by atoms with van der Waals surface area (Å²) in [4.78, 5) is 48.1. The maximum Gasteiger partial charge on any atom is 0.472 e. The molecule has 3 unspecified atom stereocenters. The van der Waals surface area contributed by atoms with Gasteiger partial charge >= 0.3 is 25.7 Å². The van der Waals surface area contributed by atoms with Gasteiger partial charge in [0.25, 0.3) is 0 Å². The second kappa shape index (κ2) is 45.0. The molecule has 0 aliphatic carbocycles. The molecule has 11 nitrogen and oxygen atoms in total. The largest absolute Gasteiger partial charge is 0.472 e. The van der Waals surface area contributed by atoms with Gasteiger partial charge in [0.15, 0.2) is 6.10 Å². The SMILES string of the molecule is CC/C=C\C/C=C\C/C=C\CCCCCC(=O)OC(COC(=O)CCCCCCC/C=C\CCCCCC)COP(=O)(O)OCC(CO)OC(=O)CCCCCCCCCCC. The van der Waals surface area contributed by atoms with Gasteiger partial charge in [-0.3, -0.25) is 23.4 Å². The molecule has 0 aromatic heterocycles. The zero-order chi connectivity index (χ0) is 45.6. The van der Waals surface area contributed by atoms with E-state index in [0.717, 1.165) is 96.3 Å². The molecule has 0 bridgehead atoms. The number of hydrogen-bond acceptors (Lipinski definition) is 10. The van der Waals surface area contributed by atoms with Crippen molar-refractivity contribution in [2.75, 3.05) is 26.4 Å². The number of esters is 3. The number of carbonyl (C=O) groups excluding carboxylic acids is 3. The monoisotopic (exact) mass is 897 g/mol. The number of allylic oxidation sites excluding steroid dienone is 8. The van der Waals surface area contributed by atoms with Crippen molar-refractivity contribution in [2.45, 2.75) is 226 Å². The van der Waals surface area contributed by atoms with Crippen LogP contribution in [0.3, 0.4) is 0 Å². The van der Waals surface area contributed by atoms with Crippen LogP contribution in [0.2, 0.25) is 0 Å². The van der Waals surface area contributed by atoms with Crippen LogP contribution < -0.4 is 0 Å². The summed E-state index contributed by atoms with van der Waals surface area (Å²) < 4.78 is 39.2. The van der Waals surface area contributed by atoms with E-state index in [-0.39, 0.29) is 25.9 Å². The minimum Gasteiger partial charge on any atom is -0.462 e. The molecule has 0 aliphatic rings. The topological polar surface area (TPSA) is 155 Å². The second-order valence-corrected chi connectivity index (χ2v) is 17.7. The summed E-state index contributed by atoms with van der Waals surface area (Å²) in [7, 11) is -4.74. The van der Waals surface area contributed by atoms with Crippen molar-refractivity contribution in [3.63, 3.8) is 0 Å². The third-order valence-electron chi connectivity index (χ3n) is 10.2. The summed E-state index contributed by atoms with van der Waals surface area (Å²) in [6, 6.07) is 0. The molecular weight excluding hydrogens is 808 g/mol. The van der Waals surface area contributed by atoms with E-state index in [1.165, 1.54) is 57.8 Å². The summed E-state index contributed by atoms with van der Waals surface area (Å²) in [6.45, 7) is 4.42. The molecule has 0 saturated heterocycles. The van der Waals surface area contributed by atoms with Crippen LogP contribution in [0.25, 0.3) is 0 Å². The van der Waals surface area contributed by atoms with Crippen molar-refractivity contribution in [1.29, 1.82) is 0 Å². The highest BCUT2D eigenvalue weighted by Crippen LogP contribution is 2.43. The highest BCUT2D eigenvalue weighted by Gasteiger charge is 2.28. The van der Waals surface area contributed by atoms with Gasteiger partial charge in [0.05, 0.1) is 19.8 Å². The summed E-state index contributed by atoms with van der Waals surface area (Å²) in [5.41, 5.74) is 0. The summed E-state index contributed by atoms with van der Waals surface area (Å²) in [5.74, 6) is -1.51. The Morgan fingerprint density at radius 2 is 0.839 bits per heavy atom. The van der Waals surface area contributed by atoms with Crippen molar-refractivity contribution >= 4 is 25.7 Å². The summed E-state index contributed by atoms with van der Waals surface area (Å²) in [6.07, 6.45) is 43.8. The molecule has 0 radical (unpaired) electrons. The number of aliphatic hydroxyl groups excluding tert-OH is 1. The van der Waals surface area contributed by atoms with Crippen molar-refractivity contribution in [1.82, 2.24) is 0 Å². The molecule has 0 aromatic rings. The number of ether oxygens (including phenoxy) is 3. The maximum absolute atomic E-state index is 12.8. The fraction of sp³-hybridized carbons (Fsp3) is 0.780. The molecule has 0 amide bonds. The molecule has 62 heavy (non-hydrogen) atoms. The van der Waals surface area contributed by atoms with Crippen LogP contribution in [0.1, 0.15) is 213 Å². The van der Waals surface area contributed by atoms with E-state index in [0.29, 0.717) is 19.3 Å². The van der Waals surface area contributed by atoms with Gasteiger partial charge in [-0.2, -0.15) is 0 Å². The minimum atomic E-state index is -4.74. The molecule has 0 fully saturated rings. The van der Waals surface area contributed by atoms with Gasteiger partial charge in [-0.05, 0) is 77.0 Å². The van der Waals surface area contributed by atoms with Gasteiger partial charge in [0, 0.05) is 19.3 Å². The number of unbranched alkanes of at least 4 members (excludes halogenated alkanes) is 20. The molecule has 0 rings (SSSR count). The lowest BCUT2D eigenvalue weighted by atomic mass is 10.1. The van der Waals surface area contributed by atoms with Crippen LogP contribution in [0.15, 0.2) is 48.6 Å². The van der Waals surface area contributed by atoms with Crippen LogP contribution in [0.5, 0.6) is 0 Å². The zero-order valence-electron chi connectivity index (χ0n) is 39.3. The molecule has 0 saturated carbocycles. The first-order valence-corrected chi connectivity index (χ1v) is 26.0. The fourth-order valence-electron chi connectivity index (χ4n) is 6.48. The van der Waals surface area contributed by atoms with E-state index in [2.05, 4.69) is 69.4 Å². The molecule has 0 heterocycles. The van der Waals surface area contributed by atoms with E-state index < -0.39 is 57.8 Å². The van der Waals surface area contributed by atoms with Crippen LogP contribution in [-0.2, 0) is 42.2 Å². The Hall–Kier alpha value is -2.56. The predicted octanol–water partition coefficient (Wildman–Crippen LogP) is 13.5. The van der Waals surface area contributed by atoms with E-state index in [9.17, 15) is 28.9 Å². The predicted molar refractivity (Wildman–Crippen MR) is 252 cm³/mol. The van der Waals surface area contributed by atoms with Crippen molar-refractivity contribution < 1.29 is 52.2 Å². The van der Waals surface area contributed by atoms with Crippen molar-refractivity contribution in [3.8, 4) is 0 Å². The molecule has 360 valence electrons. The fourth-order valence-corrected chi connectivity index (χ4v) is 7.26. The zero-order valence-corrected chi connectivity index (χ0v) is 40.2. The van der Waals surface area contributed by atoms with Gasteiger partial charge in [-0.25, -0.2) is 4.57 Å². The molecule has 2 N–H and O–H groups in total. The number of phosphoric ester groups is 1.